The maximum Gasteiger partial charge on any atom is 0.243 e. The predicted octanol–water partition coefficient (Wildman–Crippen LogP) is 3.35. The van der Waals surface area contributed by atoms with E-state index >= 15 is 0 Å². The fourth-order valence-corrected chi connectivity index (χ4v) is 4.61. The molecule has 1 aliphatic rings. The van der Waals surface area contributed by atoms with Crippen molar-refractivity contribution < 1.29 is 13.2 Å². The van der Waals surface area contributed by atoms with Crippen LogP contribution in [0, 0.1) is 6.92 Å². The fraction of sp³-hybridized carbons (Fsp3) is 0.350. The number of benzene rings is 2. The zero-order valence-electron chi connectivity index (χ0n) is 14.9. The number of rotatable bonds is 6. The van der Waals surface area contributed by atoms with Gasteiger partial charge in [-0.3, -0.25) is 4.79 Å². The van der Waals surface area contributed by atoms with Crippen molar-refractivity contribution in [3.63, 3.8) is 0 Å². The summed E-state index contributed by atoms with van der Waals surface area (Å²) in [5.41, 5.74) is 2.81. The Morgan fingerprint density at radius 1 is 1.08 bits per heavy atom. The molecule has 5 nitrogen and oxygen atoms in total. The highest BCUT2D eigenvalue weighted by Gasteiger charge is 2.27. The van der Waals surface area contributed by atoms with Crippen LogP contribution < -0.4 is 5.32 Å². The molecule has 1 heterocycles. The van der Waals surface area contributed by atoms with Gasteiger partial charge in [0.05, 0.1) is 4.90 Å². The Hall–Kier alpha value is -2.18. The molecule has 2 aromatic rings. The van der Waals surface area contributed by atoms with Gasteiger partial charge >= 0.3 is 0 Å². The van der Waals surface area contributed by atoms with E-state index in [9.17, 15) is 13.2 Å². The Balaban J connectivity index is 1.62. The van der Waals surface area contributed by atoms with Crippen LogP contribution in [0.15, 0.2) is 53.4 Å². The Bertz CT molecular complexity index is 870. The molecule has 138 valence electrons. The van der Waals surface area contributed by atoms with E-state index < -0.39 is 10.0 Å². The molecule has 26 heavy (non-hydrogen) atoms. The first-order valence-electron chi connectivity index (χ1n) is 8.91. The lowest BCUT2D eigenvalue weighted by Gasteiger charge is -2.16. The highest BCUT2D eigenvalue weighted by atomic mass is 32.2. The van der Waals surface area contributed by atoms with Gasteiger partial charge in [-0.05, 0) is 49.9 Å². The van der Waals surface area contributed by atoms with E-state index in [1.165, 1.54) is 15.9 Å². The first-order chi connectivity index (χ1) is 12.4. The third-order valence-electron chi connectivity index (χ3n) is 4.58. The van der Waals surface area contributed by atoms with Crippen molar-refractivity contribution in [2.45, 2.75) is 37.5 Å². The smallest absolute Gasteiger partial charge is 0.243 e. The Morgan fingerprint density at radius 2 is 1.77 bits per heavy atom. The van der Waals surface area contributed by atoms with Crippen LogP contribution in [0.2, 0.25) is 0 Å². The summed E-state index contributed by atoms with van der Waals surface area (Å²) in [7, 11) is -3.47. The predicted molar refractivity (Wildman–Crippen MR) is 103 cm³/mol. The molecule has 6 heteroatoms. The summed E-state index contributed by atoms with van der Waals surface area (Å²) in [5, 5.41) is 2.80. The summed E-state index contributed by atoms with van der Waals surface area (Å²) in [6.45, 7) is 3.16. The second-order valence-corrected chi connectivity index (χ2v) is 8.61. The summed E-state index contributed by atoms with van der Waals surface area (Å²) in [5.74, 6) is -0.124. The average molecular weight is 372 g/mol. The van der Waals surface area contributed by atoms with E-state index in [1.807, 2.05) is 31.2 Å². The van der Waals surface area contributed by atoms with Crippen molar-refractivity contribution in [1.82, 2.24) is 4.31 Å². The molecule has 1 saturated heterocycles. The number of hydrogen-bond acceptors (Lipinski definition) is 3. The number of nitrogens with one attached hydrogen (secondary N) is 1. The Labute approximate surface area is 155 Å². The van der Waals surface area contributed by atoms with Crippen molar-refractivity contribution in [1.29, 1.82) is 0 Å². The molecule has 0 saturated carbocycles. The number of carbonyl (C=O) groups is 1. The molecule has 0 unspecified atom stereocenters. The van der Waals surface area contributed by atoms with Gasteiger partial charge in [0.1, 0.15) is 0 Å². The topological polar surface area (TPSA) is 66.5 Å². The Kier molecular flexibility index (Phi) is 5.74. The summed E-state index contributed by atoms with van der Waals surface area (Å²) in [4.78, 5) is 12.4. The first kappa shape index (κ1) is 18.6. The first-order valence-corrected chi connectivity index (χ1v) is 10.3. The Morgan fingerprint density at radius 3 is 2.46 bits per heavy atom. The molecule has 2 aromatic carbocycles. The van der Waals surface area contributed by atoms with Gasteiger partial charge in [0.2, 0.25) is 15.9 Å². The van der Waals surface area contributed by atoms with Crippen molar-refractivity contribution in [3.05, 3.63) is 59.7 Å². The zero-order chi connectivity index (χ0) is 18.6. The SMILES string of the molecule is Cc1ccc(CCC(=O)Nc2cccc(S(=O)(=O)N3CCCC3)c2)cc1. The molecule has 0 spiro atoms. The second-order valence-electron chi connectivity index (χ2n) is 6.67. The van der Waals surface area contributed by atoms with Crippen molar-refractivity contribution in [2.24, 2.45) is 0 Å². The van der Waals surface area contributed by atoms with E-state index in [-0.39, 0.29) is 10.8 Å². The minimum atomic E-state index is -3.47. The number of amides is 1. The molecule has 0 radical (unpaired) electrons. The van der Waals surface area contributed by atoms with Gasteiger partial charge in [-0.1, -0.05) is 35.9 Å². The summed E-state index contributed by atoms with van der Waals surface area (Å²) in [6, 6.07) is 14.6. The van der Waals surface area contributed by atoms with Gasteiger partial charge in [-0.15, -0.1) is 0 Å². The van der Waals surface area contributed by atoms with Crippen LogP contribution in [0.5, 0.6) is 0 Å². The lowest BCUT2D eigenvalue weighted by atomic mass is 10.1. The highest BCUT2D eigenvalue weighted by molar-refractivity contribution is 7.89. The normalized spacial score (nSPS) is 15.1. The summed E-state index contributed by atoms with van der Waals surface area (Å²) >= 11 is 0. The van der Waals surface area contributed by atoms with Crippen molar-refractivity contribution >= 4 is 21.6 Å². The lowest BCUT2D eigenvalue weighted by Crippen LogP contribution is -2.27. The van der Waals surface area contributed by atoms with Crippen LogP contribution in [0.25, 0.3) is 0 Å². The van der Waals surface area contributed by atoms with E-state index in [1.54, 1.807) is 18.2 Å². The van der Waals surface area contributed by atoms with Gasteiger partial charge in [0, 0.05) is 25.2 Å². The van der Waals surface area contributed by atoms with Gasteiger partial charge in [0.15, 0.2) is 0 Å². The van der Waals surface area contributed by atoms with E-state index in [0.29, 0.717) is 31.6 Å². The van der Waals surface area contributed by atoms with Gasteiger partial charge in [0.25, 0.3) is 0 Å². The summed E-state index contributed by atoms with van der Waals surface area (Å²) in [6.07, 6.45) is 2.80. The quantitative estimate of drug-likeness (QED) is 0.846. The molecule has 1 N–H and O–H groups in total. The molecular formula is C20H24N2O3S. The maximum atomic E-state index is 12.6. The number of nitrogens with zero attached hydrogens (tertiary/aromatic N) is 1. The molecular weight excluding hydrogens is 348 g/mol. The number of anilines is 1. The van der Waals surface area contributed by atoms with E-state index in [0.717, 1.165) is 18.4 Å². The van der Waals surface area contributed by atoms with Gasteiger partial charge < -0.3 is 5.32 Å². The standard InChI is InChI=1S/C20H24N2O3S/c1-16-7-9-17(10-8-16)11-12-20(23)21-18-5-4-6-19(15-18)26(24,25)22-13-2-3-14-22/h4-10,15H,2-3,11-14H2,1H3,(H,21,23). The number of sulfonamides is 1. The monoisotopic (exact) mass is 372 g/mol. The van der Waals surface area contributed by atoms with Crippen LogP contribution in [0.1, 0.15) is 30.4 Å². The van der Waals surface area contributed by atoms with Crippen LogP contribution in [0.4, 0.5) is 5.69 Å². The third-order valence-corrected chi connectivity index (χ3v) is 6.48. The third kappa shape index (κ3) is 4.51. The number of carbonyl (C=O) groups excluding carboxylic acids is 1. The second kappa shape index (κ2) is 8.01. The maximum absolute atomic E-state index is 12.6. The van der Waals surface area contributed by atoms with Crippen LogP contribution in [-0.4, -0.2) is 31.7 Å². The summed E-state index contributed by atoms with van der Waals surface area (Å²) < 4.78 is 26.8. The fourth-order valence-electron chi connectivity index (χ4n) is 3.05. The minimum Gasteiger partial charge on any atom is -0.326 e. The van der Waals surface area contributed by atoms with Crippen LogP contribution >= 0.6 is 0 Å². The molecule has 0 aromatic heterocycles. The van der Waals surface area contributed by atoms with E-state index in [4.69, 9.17) is 0 Å². The lowest BCUT2D eigenvalue weighted by molar-refractivity contribution is -0.116. The van der Waals surface area contributed by atoms with Crippen LogP contribution in [0.3, 0.4) is 0 Å². The zero-order valence-corrected chi connectivity index (χ0v) is 15.8. The number of hydrogen-bond donors (Lipinski definition) is 1. The molecule has 0 aliphatic carbocycles. The largest absolute Gasteiger partial charge is 0.326 e. The van der Waals surface area contributed by atoms with Crippen molar-refractivity contribution in [3.8, 4) is 0 Å². The number of aryl methyl sites for hydroxylation is 2. The van der Waals surface area contributed by atoms with Gasteiger partial charge in [-0.2, -0.15) is 4.31 Å². The molecule has 3 rings (SSSR count). The molecule has 1 fully saturated rings. The van der Waals surface area contributed by atoms with Crippen molar-refractivity contribution in [2.75, 3.05) is 18.4 Å². The van der Waals surface area contributed by atoms with E-state index in [2.05, 4.69) is 5.32 Å². The average Bonchev–Trinajstić information content (AvgIpc) is 3.17. The molecule has 1 amide bonds. The highest BCUT2D eigenvalue weighted by Crippen LogP contribution is 2.23. The minimum absolute atomic E-state index is 0.124. The molecule has 0 atom stereocenters. The molecule has 1 aliphatic heterocycles. The molecule has 0 bridgehead atoms. The van der Waals surface area contributed by atoms with Gasteiger partial charge in [-0.25, -0.2) is 8.42 Å². The van der Waals surface area contributed by atoms with Crippen LogP contribution in [-0.2, 0) is 21.2 Å².